The van der Waals surface area contributed by atoms with Gasteiger partial charge >= 0.3 is 0 Å². The van der Waals surface area contributed by atoms with Crippen molar-refractivity contribution in [1.29, 1.82) is 0 Å². The third kappa shape index (κ3) is 2.71. The third-order valence-electron chi connectivity index (χ3n) is 3.35. The lowest BCUT2D eigenvalue weighted by molar-refractivity contribution is 0.388. The molecule has 2 N–H and O–H groups in total. The fourth-order valence-corrected chi connectivity index (χ4v) is 2.35. The number of nitrogens with two attached hydrogens (primary N) is 1. The lowest BCUT2D eigenvalue weighted by Gasteiger charge is -2.20. The summed E-state index contributed by atoms with van der Waals surface area (Å²) in [5, 5.41) is 4.27. The van der Waals surface area contributed by atoms with Crippen LogP contribution in [0.25, 0.3) is 0 Å². The molecule has 0 spiro atoms. The molecule has 1 unspecified atom stereocenters. The Labute approximate surface area is 123 Å². The minimum atomic E-state index is -0.735. The molecule has 1 aromatic heterocycles. The van der Waals surface area contributed by atoms with Crippen LogP contribution in [0.5, 0.6) is 11.5 Å². The third-order valence-corrected chi connectivity index (χ3v) is 3.35. The zero-order chi connectivity index (χ0) is 15.6. The van der Waals surface area contributed by atoms with Crippen molar-refractivity contribution in [3.8, 4) is 11.5 Å². The standard InChI is InChI=1S/C15H20FN3O2/c1-9(2)19-15(12(21-4)8-18-19)14(17)13-10(16)6-5-7-11(13)20-3/h5-9,14H,17H2,1-4H3. The number of rotatable bonds is 5. The summed E-state index contributed by atoms with van der Waals surface area (Å²) in [4.78, 5) is 0. The molecular formula is C15H20FN3O2. The first-order chi connectivity index (χ1) is 10.0. The number of halogens is 1. The van der Waals surface area contributed by atoms with Crippen LogP contribution in [0.2, 0.25) is 0 Å². The van der Waals surface area contributed by atoms with Gasteiger partial charge in [0.1, 0.15) is 17.3 Å². The highest BCUT2D eigenvalue weighted by molar-refractivity contribution is 5.44. The molecule has 0 aliphatic rings. The van der Waals surface area contributed by atoms with Crippen LogP contribution in [0.15, 0.2) is 24.4 Å². The van der Waals surface area contributed by atoms with E-state index in [1.807, 2.05) is 13.8 Å². The number of hydrogen-bond acceptors (Lipinski definition) is 4. The van der Waals surface area contributed by atoms with Gasteiger partial charge in [-0.05, 0) is 26.0 Å². The van der Waals surface area contributed by atoms with Gasteiger partial charge in [0.05, 0.1) is 32.0 Å². The monoisotopic (exact) mass is 293 g/mol. The number of benzene rings is 1. The van der Waals surface area contributed by atoms with Gasteiger partial charge in [-0.1, -0.05) is 6.07 Å². The Balaban J connectivity index is 2.60. The van der Waals surface area contributed by atoms with Crippen molar-refractivity contribution in [1.82, 2.24) is 9.78 Å². The van der Waals surface area contributed by atoms with Crippen molar-refractivity contribution in [2.75, 3.05) is 14.2 Å². The topological polar surface area (TPSA) is 62.3 Å². The minimum Gasteiger partial charge on any atom is -0.496 e. The predicted molar refractivity (Wildman–Crippen MR) is 78.1 cm³/mol. The molecule has 6 heteroatoms. The molecule has 21 heavy (non-hydrogen) atoms. The van der Waals surface area contributed by atoms with E-state index in [-0.39, 0.29) is 6.04 Å². The molecule has 5 nitrogen and oxygen atoms in total. The van der Waals surface area contributed by atoms with Crippen LogP contribution in [-0.4, -0.2) is 24.0 Å². The fourth-order valence-electron chi connectivity index (χ4n) is 2.35. The van der Waals surface area contributed by atoms with Crippen LogP contribution in [0, 0.1) is 5.82 Å². The molecule has 114 valence electrons. The molecule has 2 aromatic rings. The Hall–Kier alpha value is -2.08. The van der Waals surface area contributed by atoms with E-state index in [9.17, 15) is 4.39 Å². The first kappa shape index (κ1) is 15.3. The molecule has 0 radical (unpaired) electrons. The molecule has 1 aromatic carbocycles. The molecule has 1 atom stereocenters. The van der Waals surface area contributed by atoms with E-state index in [0.717, 1.165) is 0 Å². The molecular weight excluding hydrogens is 273 g/mol. The van der Waals surface area contributed by atoms with Crippen molar-refractivity contribution in [2.24, 2.45) is 5.73 Å². The van der Waals surface area contributed by atoms with Crippen LogP contribution in [0.1, 0.15) is 37.2 Å². The molecule has 0 aliphatic heterocycles. The van der Waals surface area contributed by atoms with Crippen LogP contribution in [0.3, 0.4) is 0 Å². The number of hydrogen-bond donors (Lipinski definition) is 1. The quantitative estimate of drug-likeness (QED) is 0.920. The van der Waals surface area contributed by atoms with Crippen LogP contribution < -0.4 is 15.2 Å². The van der Waals surface area contributed by atoms with Gasteiger partial charge in [0, 0.05) is 6.04 Å². The smallest absolute Gasteiger partial charge is 0.161 e. The zero-order valence-corrected chi connectivity index (χ0v) is 12.6. The number of nitrogens with zero attached hydrogens (tertiary/aromatic N) is 2. The van der Waals surface area contributed by atoms with Crippen LogP contribution in [0.4, 0.5) is 4.39 Å². The Morgan fingerprint density at radius 1 is 1.19 bits per heavy atom. The number of aromatic nitrogens is 2. The van der Waals surface area contributed by atoms with Crippen LogP contribution in [-0.2, 0) is 0 Å². The van der Waals surface area contributed by atoms with Crippen molar-refractivity contribution in [3.05, 3.63) is 41.5 Å². The lowest BCUT2D eigenvalue weighted by atomic mass is 10.0. The SMILES string of the molecule is COc1cccc(F)c1C(N)c1c(OC)cnn1C(C)C. The van der Waals surface area contributed by atoms with E-state index >= 15 is 0 Å². The van der Waals surface area contributed by atoms with Gasteiger partial charge in [-0.25, -0.2) is 4.39 Å². The van der Waals surface area contributed by atoms with Gasteiger partial charge in [-0.15, -0.1) is 0 Å². The highest BCUT2D eigenvalue weighted by Gasteiger charge is 2.26. The molecule has 0 aliphatic carbocycles. The van der Waals surface area contributed by atoms with Gasteiger partial charge in [0.2, 0.25) is 0 Å². The summed E-state index contributed by atoms with van der Waals surface area (Å²) in [6, 6.07) is 3.97. The normalized spacial score (nSPS) is 12.5. The highest BCUT2D eigenvalue weighted by atomic mass is 19.1. The zero-order valence-electron chi connectivity index (χ0n) is 12.6. The molecule has 0 saturated carbocycles. The molecule has 1 heterocycles. The van der Waals surface area contributed by atoms with Crippen molar-refractivity contribution < 1.29 is 13.9 Å². The predicted octanol–water partition coefficient (Wildman–Crippen LogP) is 2.67. The Morgan fingerprint density at radius 2 is 1.86 bits per heavy atom. The molecule has 0 fully saturated rings. The summed E-state index contributed by atoms with van der Waals surface area (Å²) in [7, 11) is 3.03. The average molecular weight is 293 g/mol. The second-order valence-electron chi connectivity index (χ2n) is 4.97. The summed E-state index contributed by atoms with van der Waals surface area (Å²) >= 11 is 0. The first-order valence-corrected chi connectivity index (χ1v) is 6.70. The molecule has 0 amide bonds. The summed E-state index contributed by atoms with van der Waals surface area (Å²) in [5.74, 6) is 0.517. The van der Waals surface area contributed by atoms with Gasteiger partial charge < -0.3 is 15.2 Å². The van der Waals surface area contributed by atoms with Gasteiger partial charge in [0.25, 0.3) is 0 Å². The van der Waals surface area contributed by atoms with E-state index in [0.29, 0.717) is 22.8 Å². The van der Waals surface area contributed by atoms with Crippen LogP contribution >= 0.6 is 0 Å². The summed E-state index contributed by atoms with van der Waals surface area (Å²) in [6.07, 6.45) is 1.59. The van der Waals surface area contributed by atoms with E-state index < -0.39 is 11.9 Å². The van der Waals surface area contributed by atoms with E-state index in [1.54, 1.807) is 23.0 Å². The van der Waals surface area contributed by atoms with Gasteiger partial charge in [-0.3, -0.25) is 4.68 Å². The van der Waals surface area contributed by atoms with Gasteiger partial charge in [0.15, 0.2) is 5.75 Å². The summed E-state index contributed by atoms with van der Waals surface area (Å²) < 4.78 is 26.5. The maximum Gasteiger partial charge on any atom is 0.161 e. The average Bonchev–Trinajstić information content (AvgIpc) is 2.90. The van der Waals surface area contributed by atoms with E-state index in [4.69, 9.17) is 15.2 Å². The lowest BCUT2D eigenvalue weighted by Crippen LogP contribution is -2.21. The number of methoxy groups -OCH3 is 2. The fraction of sp³-hybridized carbons (Fsp3) is 0.400. The number of ether oxygens (including phenoxy) is 2. The Bertz CT molecular complexity index is 625. The second kappa shape index (κ2) is 6.13. The maximum absolute atomic E-state index is 14.2. The molecule has 0 bridgehead atoms. The largest absolute Gasteiger partial charge is 0.496 e. The summed E-state index contributed by atoms with van der Waals surface area (Å²) in [5.41, 5.74) is 7.21. The van der Waals surface area contributed by atoms with E-state index in [2.05, 4.69) is 5.10 Å². The molecule has 0 saturated heterocycles. The highest BCUT2D eigenvalue weighted by Crippen LogP contribution is 2.35. The van der Waals surface area contributed by atoms with Crippen molar-refractivity contribution >= 4 is 0 Å². The molecule has 2 rings (SSSR count). The van der Waals surface area contributed by atoms with Crippen molar-refractivity contribution in [2.45, 2.75) is 25.9 Å². The first-order valence-electron chi connectivity index (χ1n) is 6.70. The second-order valence-corrected chi connectivity index (χ2v) is 4.97. The Kier molecular flexibility index (Phi) is 4.47. The minimum absolute atomic E-state index is 0.0766. The van der Waals surface area contributed by atoms with E-state index in [1.165, 1.54) is 20.3 Å². The maximum atomic E-state index is 14.2. The van der Waals surface area contributed by atoms with Crippen molar-refractivity contribution in [3.63, 3.8) is 0 Å². The summed E-state index contributed by atoms with van der Waals surface area (Å²) in [6.45, 7) is 3.95. The van der Waals surface area contributed by atoms with Gasteiger partial charge in [-0.2, -0.15) is 5.10 Å². The Morgan fingerprint density at radius 3 is 2.43 bits per heavy atom.